The van der Waals surface area contributed by atoms with E-state index in [1.165, 1.54) is 4.52 Å². The van der Waals surface area contributed by atoms with E-state index in [1.54, 1.807) is 55.7 Å². The molecule has 0 radical (unpaired) electrons. The summed E-state index contributed by atoms with van der Waals surface area (Å²) < 4.78 is 1.29. The lowest BCUT2D eigenvalue weighted by Gasteiger charge is -2.09. The molecule has 0 aliphatic heterocycles. The Morgan fingerprint density at radius 3 is 2.81 bits per heavy atom. The third-order valence-electron chi connectivity index (χ3n) is 4.75. The van der Waals surface area contributed by atoms with Gasteiger partial charge in [-0.1, -0.05) is 12.1 Å². The van der Waals surface area contributed by atoms with E-state index in [9.17, 15) is 14.4 Å². The summed E-state index contributed by atoms with van der Waals surface area (Å²) in [5.74, 6) is -0.656. The minimum Gasteiger partial charge on any atom is -0.346 e. The molecule has 0 fully saturated rings. The van der Waals surface area contributed by atoms with Crippen molar-refractivity contribution in [1.29, 1.82) is 0 Å². The van der Waals surface area contributed by atoms with E-state index >= 15 is 0 Å². The highest BCUT2D eigenvalue weighted by atomic mass is 16.2. The minimum atomic E-state index is -0.375. The Bertz CT molecular complexity index is 1310. The van der Waals surface area contributed by atoms with Crippen LogP contribution in [0, 0.1) is 6.92 Å². The Kier molecular flexibility index (Phi) is 5.57. The molecule has 156 valence electrons. The molecule has 4 rings (SSSR count). The number of pyridine rings is 1. The molecule has 3 aromatic heterocycles. The van der Waals surface area contributed by atoms with Gasteiger partial charge in [0.05, 0.1) is 18.7 Å². The smallest absolute Gasteiger partial charge is 0.276 e. The van der Waals surface area contributed by atoms with Crippen molar-refractivity contribution in [2.45, 2.75) is 19.9 Å². The first-order valence-electron chi connectivity index (χ1n) is 9.65. The first-order chi connectivity index (χ1) is 15.0. The second-order valence-corrected chi connectivity index (χ2v) is 6.95. The summed E-state index contributed by atoms with van der Waals surface area (Å²) in [5, 5.41) is 8.32. The number of H-pyrrole nitrogens is 1. The van der Waals surface area contributed by atoms with Crippen LogP contribution >= 0.6 is 0 Å². The van der Waals surface area contributed by atoms with Crippen molar-refractivity contribution in [1.82, 2.24) is 24.9 Å². The monoisotopic (exact) mass is 416 g/mol. The van der Waals surface area contributed by atoms with Crippen molar-refractivity contribution >= 4 is 23.1 Å². The van der Waals surface area contributed by atoms with E-state index in [2.05, 4.69) is 25.7 Å². The number of aryl methyl sites for hydroxylation is 1. The second kappa shape index (κ2) is 8.62. The summed E-state index contributed by atoms with van der Waals surface area (Å²) in [4.78, 5) is 46.1. The number of hydrogen-bond donors (Lipinski definition) is 3. The van der Waals surface area contributed by atoms with Crippen LogP contribution in [0.2, 0.25) is 0 Å². The van der Waals surface area contributed by atoms with Crippen LogP contribution in [-0.4, -0.2) is 31.4 Å². The largest absolute Gasteiger partial charge is 0.346 e. The number of amides is 2. The molecule has 4 aromatic rings. The predicted octanol–water partition coefficient (Wildman–Crippen LogP) is 1.84. The van der Waals surface area contributed by atoms with E-state index in [0.29, 0.717) is 34.7 Å². The van der Waals surface area contributed by atoms with Crippen LogP contribution in [0.3, 0.4) is 0 Å². The number of aromatic amines is 1. The van der Waals surface area contributed by atoms with Crippen molar-refractivity contribution in [2.24, 2.45) is 0 Å². The topological polar surface area (TPSA) is 121 Å². The maximum absolute atomic E-state index is 12.6. The molecule has 9 heteroatoms. The number of anilines is 1. The summed E-state index contributed by atoms with van der Waals surface area (Å²) in [6.45, 7) is 2.00. The number of nitrogens with one attached hydrogen (secondary N) is 3. The first kappa shape index (κ1) is 20.0. The highest BCUT2D eigenvalue weighted by Crippen LogP contribution is 2.12. The number of hydrogen-bond acceptors (Lipinski definition) is 5. The van der Waals surface area contributed by atoms with E-state index in [4.69, 9.17) is 0 Å². The maximum atomic E-state index is 12.6. The van der Waals surface area contributed by atoms with Crippen LogP contribution in [0.25, 0.3) is 5.65 Å². The van der Waals surface area contributed by atoms with Crippen molar-refractivity contribution < 1.29 is 9.59 Å². The summed E-state index contributed by atoms with van der Waals surface area (Å²) >= 11 is 0. The summed E-state index contributed by atoms with van der Waals surface area (Å²) in [7, 11) is 0. The van der Waals surface area contributed by atoms with Crippen LogP contribution in [0.5, 0.6) is 0 Å². The summed E-state index contributed by atoms with van der Waals surface area (Å²) in [5.41, 5.74) is 2.60. The predicted molar refractivity (Wildman–Crippen MR) is 115 cm³/mol. The van der Waals surface area contributed by atoms with Crippen LogP contribution in [0.15, 0.2) is 65.7 Å². The Labute approximate surface area is 177 Å². The van der Waals surface area contributed by atoms with Gasteiger partial charge in [-0.2, -0.15) is 0 Å². The summed E-state index contributed by atoms with van der Waals surface area (Å²) in [6.07, 6.45) is 3.14. The molecule has 0 atom stereocenters. The highest BCUT2D eigenvalue weighted by molar-refractivity contribution is 5.97. The van der Waals surface area contributed by atoms with Gasteiger partial charge in [0.15, 0.2) is 5.65 Å². The van der Waals surface area contributed by atoms with Gasteiger partial charge in [-0.05, 0) is 37.3 Å². The van der Waals surface area contributed by atoms with Gasteiger partial charge in [-0.25, -0.2) is 9.50 Å². The Morgan fingerprint density at radius 2 is 2.00 bits per heavy atom. The van der Waals surface area contributed by atoms with Crippen molar-refractivity contribution in [3.05, 3.63) is 93.8 Å². The zero-order valence-electron chi connectivity index (χ0n) is 16.8. The second-order valence-electron chi connectivity index (χ2n) is 6.95. The molecule has 0 aliphatic carbocycles. The van der Waals surface area contributed by atoms with Gasteiger partial charge in [0.2, 0.25) is 5.91 Å². The Balaban J connectivity index is 1.43. The van der Waals surface area contributed by atoms with E-state index in [-0.39, 0.29) is 23.8 Å². The highest BCUT2D eigenvalue weighted by Gasteiger charge is 2.15. The van der Waals surface area contributed by atoms with Gasteiger partial charge < -0.3 is 10.6 Å². The van der Waals surface area contributed by atoms with Gasteiger partial charge in [-0.15, -0.1) is 0 Å². The molecule has 3 N–H and O–H groups in total. The molecule has 3 heterocycles. The molecule has 0 saturated carbocycles. The van der Waals surface area contributed by atoms with Crippen LogP contribution < -0.4 is 16.2 Å². The lowest BCUT2D eigenvalue weighted by atomic mass is 10.1. The minimum absolute atomic E-state index is 0.129. The summed E-state index contributed by atoms with van der Waals surface area (Å²) in [6, 6.07) is 13.8. The molecule has 0 spiro atoms. The molecule has 0 unspecified atom stereocenters. The number of rotatable bonds is 6. The fraction of sp³-hybridized carbons (Fsp3) is 0.136. The molecule has 2 amide bonds. The number of aromatic nitrogens is 4. The molecule has 0 saturated heterocycles. The molecule has 9 nitrogen and oxygen atoms in total. The number of nitrogens with zero attached hydrogens (tertiary/aromatic N) is 3. The van der Waals surface area contributed by atoms with E-state index in [0.717, 1.165) is 5.69 Å². The fourth-order valence-electron chi connectivity index (χ4n) is 3.19. The quantitative estimate of drug-likeness (QED) is 0.443. The van der Waals surface area contributed by atoms with Crippen LogP contribution in [0.4, 0.5) is 5.69 Å². The zero-order chi connectivity index (χ0) is 21.8. The zero-order valence-corrected chi connectivity index (χ0v) is 16.8. The van der Waals surface area contributed by atoms with Gasteiger partial charge in [0.1, 0.15) is 0 Å². The van der Waals surface area contributed by atoms with E-state index < -0.39 is 0 Å². The van der Waals surface area contributed by atoms with Gasteiger partial charge >= 0.3 is 0 Å². The fourth-order valence-corrected chi connectivity index (χ4v) is 3.19. The normalized spacial score (nSPS) is 10.7. The third kappa shape index (κ3) is 4.50. The molecule has 0 aliphatic rings. The van der Waals surface area contributed by atoms with Crippen molar-refractivity contribution in [3.63, 3.8) is 0 Å². The Morgan fingerprint density at radius 1 is 1.13 bits per heavy atom. The maximum Gasteiger partial charge on any atom is 0.276 e. The van der Waals surface area contributed by atoms with Crippen LogP contribution in [-0.2, 0) is 17.8 Å². The van der Waals surface area contributed by atoms with Gasteiger partial charge in [0, 0.05) is 41.0 Å². The molecular formula is C22H20N6O3. The molecule has 0 bridgehead atoms. The standard InChI is InChI=1S/C22H20N6O3/c1-14-18(22(31)28-19(26-14)8-10-25-28)12-20(29)27-16-7-4-5-15(11-16)21(30)24-13-17-6-2-3-9-23-17/h2-11,25H,12-13H2,1H3,(H,24,30)(H,27,29). The van der Waals surface area contributed by atoms with Gasteiger partial charge in [-0.3, -0.25) is 24.5 Å². The number of benzene rings is 1. The van der Waals surface area contributed by atoms with Crippen LogP contribution in [0.1, 0.15) is 27.3 Å². The lowest BCUT2D eigenvalue weighted by Crippen LogP contribution is -2.26. The Hall–Kier alpha value is -4.27. The first-order valence-corrected chi connectivity index (χ1v) is 9.65. The van der Waals surface area contributed by atoms with Crippen molar-refractivity contribution in [3.8, 4) is 0 Å². The molecular weight excluding hydrogens is 396 g/mol. The average Bonchev–Trinajstić information content (AvgIpc) is 3.24. The van der Waals surface area contributed by atoms with E-state index in [1.807, 2.05) is 12.1 Å². The lowest BCUT2D eigenvalue weighted by molar-refractivity contribution is -0.115. The van der Waals surface area contributed by atoms with Gasteiger partial charge in [0.25, 0.3) is 11.5 Å². The number of fused-ring (bicyclic) bond motifs is 1. The van der Waals surface area contributed by atoms with Crippen molar-refractivity contribution in [2.75, 3.05) is 5.32 Å². The SMILES string of the molecule is Cc1nc2cc[nH]n2c(=O)c1CC(=O)Nc1cccc(C(=O)NCc2ccccn2)c1. The average molecular weight is 416 g/mol. The molecule has 31 heavy (non-hydrogen) atoms. The molecule has 1 aromatic carbocycles. The number of carbonyl (C=O) groups excluding carboxylic acids is 2. The third-order valence-corrected chi connectivity index (χ3v) is 4.75. The number of carbonyl (C=O) groups is 2.